The number of hydrogen-bond donors (Lipinski definition) is 1. The Bertz CT molecular complexity index is 1140. The van der Waals surface area contributed by atoms with E-state index >= 15 is 0 Å². The van der Waals surface area contributed by atoms with Crippen LogP contribution in [0.25, 0.3) is 22.0 Å². The number of carbonyl (C=O) groups is 1. The van der Waals surface area contributed by atoms with Crippen LogP contribution in [0.5, 0.6) is 0 Å². The van der Waals surface area contributed by atoms with Crippen molar-refractivity contribution < 1.29 is 4.79 Å². The largest absolute Gasteiger partial charge is 0.366 e. The molecule has 3 aromatic carbocycles. The summed E-state index contributed by atoms with van der Waals surface area (Å²) in [5, 5.41) is 0.963. The molecule has 0 spiro atoms. The van der Waals surface area contributed by atoms with Crippen LogP contribution in [0.15, 0.2) is 73.2 Å². The van der Waals surface area contributed by atoms with Crippen LogP contribution in [0.3, 0.4) is 0 Å². The SMILES string of the molecule is Cc1ccc(C(N)=O)c(Cc2ccccc2)c1-c1ccc2ncncc2c1. The van der Waals surface area contributed by atoms with Crippen molar-refractivity contribution in [1.29, 1.82) is 0 Å². The van der Waals surface area contributed by atoms with Crippen LogP contribution in [-0.2, 0) is 6.42 Å². The van der Waals surface area contributed by atoms with E-state index in [1.807, 2.05) is 42.5 Å². The van der Waals surface area contributed by atoms with E-state index < -0.39 is 5.91 Å². The minimum absolute atomic E-state index is 0.411. The summed E-state index contributed by atoms with van der Waals surface area (Å²) in [5.41, 5.74) is 12.4. The fourth-order valence-electron chi connectivity index (χ4n) is 3.52. The molecule has 0 radical (unpaired) electrons. The third kappa shape index (κ3) is 3.29. The van der Waals surface area contributed by atoms with Crippen molar-refractivity contribution in [2.24, 2.45) is 5.73 Å². The Labute approximate surface area is 157 Å². The fraction of sp³-hybridized carbons (Fsp3) is 0.0870. The number of aromatic nitrogens is 2. The van der Waals surface area contributed by atoms with E-state index in [9.17, 15) is 4.79 Å². The molecule has 1 aromatic heterocycles. The predicted octanol–water partition coefficient (Wildman–Crippen LogP) is 4.29. The lowest BCUT2D eigenvalue weighted by Gasteiger charge is -2.17. The highest BCUT2D eigenvalue weighted by atomic mass is 16.1. The highest BCUT2D eigenvalue weighted by Crippen LogP contribution is 2.33. The molecule has 4 rings (SSSR count). The quantitative estimate of drug-likeness (QED) is 0.595. The van der Waals surface area contributed by atoms with Gasteiger partial charge in [-0.3, -0.25) is 4.79 Å². The summed E-state index contributed by atoms with van der Waals surface area (Å²) in [6, 6.07) is 20.0. The highest BCUT2D eigenvalue weighted by Gasteiger charge is 2.17. The van der Waals surface area contributed by atoms with E-state index in [-0.39, 0.29) is 0 Å². The average molecular weight is 353 g/mol. The molecule has 0 aliphatic heterocycles. The Kier molecular flexibility index (Phi) is 4.38. The smallest absolute Gasteiger partial charge is 0.249 e. The number of benzene rings is 3. The number of carbonyl (C=O) groups excluding carboxylic acids is 1. The van der Waals surface area contributed by atoms with Gasteiger partial charge in [-0.15, -0.1) is 0 Å². The molecule has 4 nitrogen and oxygen atoms in total. The lowest BCUT2D eigenvalue weighted by atomic mass is 9.87. The summed E-state index contributed by atoms with van der Waals surface area (Å²) in [4.78, 5) is 20.5. The highest BCUT2D eigenvalue weighted by molar-refractivity contribution is 5.97. The molecular weight excluding hydrogens is 334 g/mol. The van der Waals surface area contributed by atoms with Crippen molar-refractivity contribution >= 4 is 16.8 Å². The molecular formula is C23H19N3O. The number of amides is 1. The molecule has 0 aliphatic rings. The molecule has 2 N–H and O–H groups in total. The lowest BCUT2D eigenvalue weighted by Crippen LogP contribution is -2.15. The van der Waals surface area contributed by atoms with Gasteiger partial charge < -0.3 is 5.73 Å². The first-order valence-electron chi connectivity index (χ1n) is 8.80. The molecule has 1 amide bonds. The summed E-state index contributed by atoms with van der Waals surface area (Å²) in [7, 11) is 0. The van der Waals surface area contributed by atoms with Crippen molar-refractivity contribution in [3.8, 4) is 11.1 Å². The van der Waals surface area contributed by atoms with Gasteiger partial charge in [-0.1, -0.05) is 42.5 Å². The molecule has 0 atom stereocenters. The van der Waals surface area contributed by atoms with Gasteiger partial charge in [0.2, 0.25) is 5.91 Å². The summed E-state index contributed by atoms with van der Waals surface area (Å²) < 4.78 is 0. The number of nitrogens with two attached hydrogens (primary N) is 1. The van der Waals surface area contributed by atoms with Crippen LogP contribution in [-0.4, -0.2) is 15.9 Å². The summed E-state index contributed by atoms with van der Waals surface area (Å²) in [6.45, 7) is 2.06. The molecule has 0 bridgehead atoms. The van der Waals surface area contributed by atoms with Crippen LogP contribution in [0.1, 0.15) is 27.0 Å². The number of fused-ring (bicyclic) bond motifs is 1. The van der Waals surface area contributed by atoms with Gasteiger partial charge in [0.15, 0.2) is 0 Å². The maximum atomic E-state index is 12.1. The zero-order valence-electron chi connectivity index (χ0n) is 15.0. The Hall–Kier alpha value is -3.53. The topological polar surface area (TPSA) is 68.9 Å². The van der Waals surface area contributed by atoms with Crippen molar-refractivity contribution in [2.45, 2.75) is 13.3 Å². The number of hydrogen-bond acceptors (Lipinski definition) is 3. The van der Waals surface area contributed by atoms with Crippen LogP contribution in [0, 0.1) is 6.92 Å². The van der Waals surface area contributed by atoms with Gasteiger partial charge in [-0.05, 0) is 59.4 Å². The van der Waals surface area contributed by atoms with E-state index in [4.69, 9.17) is 5.73 Å². The minimum atomic E-state index is -0.411. The average Bonchev–Trinajstić information content (AvgIpc) is 2.68. The molecule has 4 heteroatoms. The standard InChI is InChI=1S/C23H19N3O/c1-15-7-9-19(23(24)27)20(11-16-5-3-2-4-6-16)22(15)17-8-10-21-18(12-17)13-25-14-26-21/h2-10,12-14H,11H2,1H3,(H2,24,27). The van der Waals surface area contributed by atoms with Gasteiger partial charge in [-0.2, -0.15) is 0 Å². The molecule has 0 fully saturated rings. The predicted molar refractivity (Wildman–Crippen MR) is 107 cm³/mol. The fourth-order valence-corrected chi connectivity index (χ4v) is 3.52. The number of rotatable bonds is 4. The number of primary amides is 1. The molecule has 0 unspecified atom stereocenters. The lowest BCUT2D eigenvalue weighted by molar-refractivity contribution is 0.0999. The third-order valence-corrected chi connectivity index (χ3v) is 4.80. The Morgan fingerprint density at radius 3 is 2.63 bits per heavy atom. The van der Waals surface area contributed by atoms with Crippen LogP contribution in [0.2, 0.25) is 0 Å². The van der Waals surface area contributed by atoms with E-state index in [2.05, 4.69) is 35.1 Å². The van der Waals surface area contributed by atoms with Crippen molar-refractivity contribution in [3.05, 3.63) is 95.4 Å². The molecule has 0 aliphatic carbocycles. The van der Waals surface area contributed by atoms with Gasteiger partial charge in [0, 0.05) is 17.1 Å². The summed E-state index contributed by atoms with van der Waals surface area (Å²) in [6.07, 6.45) is 3.98. The molecule has 4 aromatic rings. The first-order chi connectivity index (χ1) is 13.1. The molecule has 27 heavy (non-hydrogen) atoms. The zero-order chi connectivity index (χ0) is 18.8. The van der Waals surface area contributed by atoms with Crippen molar-refractivity contribution in [3.63, 3.8) is 0 Å². The number of aryl methyl sites for hydroxylation is 1. The summed E-state index contributed by atoms with van der Waals surface area (Å²) in [5.74, 6) is -0.411. The van der Waals surface area contributed by atoms with E-state index in [0.29, 0.717) is 12.0 Å². The monoisotopic (exact) mass is 353 g/mol. The number of nitrogens with zero attached hydrogens (tertiary/aromatic N) is 2. The van der Waals surface area contributed by atoms with E-state index in [0.717, 1.165) is 38.7 Å². The second-order valence-electron chi connectivity index (χ2n) is 6.61. The second-order valence-corrected chi connectivity index (χ2v) is 6.61. The van der Waals surface area contributed by atoms with Gasteiger partial charge in [-0.25, -0.2) is 9.97 Å². The van der Waals surface area contributed by atoms with Crippen LogP contribution in [0.4, 0.5) is 0 Å². The Morgan fingerprint density at radius 2 is 1.85 bits per heavy atom. The van der Waals surface area contributed by atoms with Crippen molar-refractivity contribution in [1.82, 2.24) is 9.97 Å². The van der Waals surface area contributed by atoms with Gasteiger partial charge in [0.05, 0.1) is 5.52 Å². The Morgan fingerprint density at radius 1 is 1.04 bits per heavy atom. The maximum absolute atomic E-state index is 12.1. The van der Waals surface area contributed by atoms with E-state index in [1.54, 1.807) is 12.5 Å². The Balaban J connectivity index is 1.94. The first kappa shape index (κ1) is 16.9. The second kappa shape index (κ2) is 7.00. The molecule has 132 valence electrons. The first-order valence-corrected chi connectivity index (χ1v) is 8.80. The van der Waals surface area contributed by atoms with Crippen molar-refractivity contribution in [2.75, 3.05) is 0 Å². The third-order valence-electron chi connectivity index (χ3n) is 4.80. The van der Waals surface area contributed by atoms with Gasteiger partial charge >= 0.3 is 0 Å². The normalized spacial score (nSPS) is 10.9. The van der Waals surface area contributed by atoms with E-state index in [1.165, 1.54) is 0 Å². The molecule has 0 saturated heterocycles. The summed E-state index contributed by atoms with van der Waals surface area (Å²) >= 11 is 0. The van der Waals surface area contributed by atoms with Gasteiger partial charge in [0.25, 0.3) is 0 Å². The van der Waals surface area contributed by atoms with Gasteiger partial charge in [0.1, 0.15) is 6.33 Å². The molecule has 0 saturated carbocycles. The van der Waals surface area contributed by atoms with Crippen LogP contribution >= 0.6 is 0 Å². The van der Waals surface area contributed by atoms with Crippen LogP contribution < -0.4 is 5.73 Å². The minimum Gasteiger partial charge on any atom is -0.366 e. The maximum Gasteiger partial charge on any atom is 0.249 e. The molecule has 1 heterocycles. The zero-order valence-corrected chi connectivity index (χ0v) is 15.0.